The first-order chi connectivity index (χ1) is 9.97. The van der Waals surface area contributed by atoms with Crippen molar-refractivity contribution in [2.45, 2.75) is 25.9 Å². The van der Waals surface area contributed by atoms with Gasteiger partial charge in [0.1, 0.15) is 6.04 Å². The fourth-order valence-electron chi connectivity index (χ4n) is 1.94. The van der Waals surface area contributed by atoms with Crippen LogP contribution in [0.4, 0.5) is 5.69 Å². The van der Waals surface area contributed by atoms with Crippen molar-refractivity contribution >= 4 is 28.3 Å². The van der Waals surface area contributed by atoms with Gasteiger partial charge in [-0.05, 0) is 36.8 Å². The molecule has 0 unspecified atom stereocenters. The van der Waals surface area contributed by atoms with E-state index in [2.05, 4.69) is 16.4 Å². The van der Waals surface area contributed by atoms with Gasteiger partial charge in [0.25, 0.3) is 5.91 Å². The Morgan fingerprint density at radius 2 is 1.67 bits per heavy atom. The van der Waals surface area contributed by atoms with Gasteiger partial charge < -0.3 is 16.4 Å². The zero-order chi connectivity index (χ0) is 15.4. The minimum absolute atomic E-state index is 0.240. The Bertz CT molecular complexity index is 667. The molecule has 2 rings (SSSR count). The molecule has 21 heavy (non-hydrogen) atoms. The number of hydrogen-bond acceptors (Lipinski definition) is 2. The lowest BCUT2D eigenvalue weighted by Gasteiger charge is -2.14. The molecule has 5 N–H and O–H groups in total. The van der Waals surface area contributed by atoms with Gasteiger partial charge in [0, 0.05) is 5.69 Å². The Hall–Kier alpha value is -2.40. The van der Waals surface area contributed by atoms with Crippen LogP contribution in [0.15, 0.2) is 42.5 Å². The van der Waals surface area contributed by atoms with Crippen LogP contribution in [0, 0.1) is 0 Å². The number of nitrogens with one attached hydrogen (secondary N) is 2. The zero-order valence-electron chi connectivity index (χ0n) is 12.2. The standard InChI is InChI=1S/C16H19N3O2/c1-10(17)15(20)18-11(2)16(21)19-14-8-7-12-5-3-4-6-13(12)9-14/h3-11H,17H2,1-2H3,(H,18,20)(H,19,21)/p+1/t10-,11-/m0/s1. The lowest BCUT2D eigenvalue weighted by Crippen LogP contribution is -2.67. The van der Waals surface area contributed by atoms with Gasteiger partial charge >= 0.3 is 0 Å². The van der Waals surface area contributed by atoms with Crippen LogP contribution >= 0.6 is 0 Å². The third kappa shape index (κ3) is 3.79. The quantitative estimate of drug-likeness (QED) is 0.780. The van der Waals surface area contributed by atoms with Crippen LogP contribution in [-0.4, -0.2) is 23.9 Å². The van der Waals surface area contributed by atoms with Gasteiger partial charge in [-0.15, -0.1) is 0 Å². The molecule has 2 amide bonds. The van der Waals surface area contributed by atoms with Crippen molar-refractivity contribution in [2.24, 2.45) is 0 Å². The number of rotatable bonds is 4. The van der Waals surface area contributed by atoms with Crippen LogP contribution < -0.4 is 16.4 Å². The first kappa shape index (κ1) is 15.0. The lowest BCUT2D eigenvalue weighted by atomic mass is 10.1. The van der Waals surface area contributed by atoms with Crippen molar-refractivity contribution in [3.05, 3.63) is 42.5 Å². The van der Waals surface area contributed by atoms with E-state index in [-0.39, 0.29) is 17.9 Å². The summed E-state index contributed by atoms with van der Waals surface area (Å²) in [7, 11) is 0. The van der Waals surface area contributed by atoms with Crippen LogP contribution in [0.3, 0.4) is 0 Å². The Morgan fingerprint density at radius 3 is 2.33 bits per heavy atom. The van der Waals surface area contributed by atoms with Crippen LogP contribution in [0.25, 0.3) is 10.8 Å². The lowest BCUT2D eigenvalue weighted by molar-refractivity contribution is -0.398. The highest BCUT2D eigenvalue weighted by Gasteiger charge is 2.19. The third-order valence-corrected chi connectivity index (χ3v) is 3.22. The average Bonchev–Trinajstić information content (AvgIpc) is 2.46. The molecule has 0 aliphatic heterocycles. The molecular formula is C16H20N3O2+. The van der Waals surface area contributed by atoms with Gasteiger partial charge in [-0.3, -0.25) is 9.59 Å². The number of benzene rings is 2. The summed E-state index contributed by atoms with van der Waals surface area (Å²) in [5.41, 5.74) is 4.34. The minimum atomic E-state index is -0.604. The van der Waals surface area contributed by atoms with E-state index in [1.54, 1.807) is 13.8 Å². The van der Waals surface area contributed by atoms with Gasteiger partial charge in [-0.1, -0.05) is 30.3 Å². The van der Waals surface area contributed by atoms with Crippen molar-refractivity contribution in [3.8, 4) is 0 Å². The fraction of sp³-hybridized carbons (Fsp3) is 0.250. The van der Waals surface area contributed by atoms with E-state index in [0.29, 0.717) is 5.69 Å². The molecule has 0 spiro atoms. The molecule has 110 valence electrons. The van der Waals surface area contributed by atoms with E-state index in [0.717, 1.165) is 10.8 Å². The summed E-state index contributed by atoms with van der Waals surface area (Å²) < 4.78 is 0. The van der Waals surface area contributed by atoms with E-state index in [9.17, 15) is 9.59 Å². The van der Waals surface area contributed by atoms with Crippen molar-refractivity contribution in [3.63, 3.8) is 0 Å². The molecule has 5 nitrogen and oxygen atoms in total. The molecule has 0 heterocycles. The average molecular weight is 286 g/mol. The minimum Gasteiger partial charge on any atom is -0.348 e. The van der Waals surface area contributed by atoms with Crippen molar-refractivity contribution < 1.29 is 15.3 Å². The molecule has 2 atom stereocenters. The maximum atomic E-state index is 12.1. The highest BCUT2D eigenvalue weighted by molar-refractivity contribution is 5.99. The number of amides is 2. The van der Waals surface area contributed by atoms with Crippen molar-refractivity contribution in [1.29, 1.82) is 0 Å². The van der Waals surface area contributed by atoms with Crippen LogP contribution in [-0.2, 0) is 9.59 Å². The summed E-state index contributed by atoms with van der Waals surface area (Å²) in [4.78, 5) is 23.6. The largest absolute Gasteiger partial charge is 0.348 e. The second kappa shape index (κ2) is 6.37. The van der Waals surface area contributed by atoms with Gasteiger partial charge in [0.05, 0.1) is 0 Å². The van der Waals surface area contributed by atoms with E-state index in [4.69, 9.17) is 0 Å². The number of anilines is 1. The monoisotopic (exact) mass is 286 g/mol. The van der Waals surface area contributed by atoms with Crippen molar-refractivity contribution in [2.75, 3.05) is 5.32 Å². The summed E-state index contributed by atoms with van der Waals surface area (Å²) in [5, 5.41) is 7.59. The van der Waals surface area contributed by atoms with Gasteiger partial charge in [0.15, 0.2) is 6.04 Å². The molecular weight excluding hydrogens is 266 g/mol. The first-order valence-corrected chi connectivity index (χ1v) is 6.90. The predicted molar refractivity (Wildman–Crippen MR) is 82.5 cm³/mol. The number of fused-ring (bicyclic) bond motifs is 1. The van der Waals surface area contributed by atoms with E-state index in [1.165, 1.54) is 0 Å². The molecule has 5 heteroatoms. The Labute approximate surface area is 123 Å². The topological polar surface area (TPSA) is 85.8 Å². The molecule has 0 saturated heterocycles. The van der Waals surface area contributed by atoms with Gasteiger partial charge in [-0.25, -0.2) is 0 Å². The van der Waals surface area contributed by atoms with Crippen LogP contribution in [0.1, 0.15) is 13.8 Å². The summed E-state index contributed by atoms with van der Waals surface area (Å²) in [6, 6.07) is 12.6. The number of hydrogen-bond donors (Lipinski definition) is 3. The Kier molecular flexibility index (Phi) is 4.55. The number of carbonyl (C=O) groups excluding carboxylic acids is 2. The summed E-state index contributed by atoms with van der Waals surface area (Å²) in [5.74, 6) is -0.490. The van der Waals surface area contributed by atoms with E-state index < -0.39 is 6.04 Å². The van der Waals surface area contributed by atoms with Crippen LogP contribution in [0.5, 0.6) is 0 Å². The molecule has 0 aromatic heterocycles. The molecule has 2 aromatic carbocycles. The Balaban J connectivity index is 2.05. The second-order valence-electron chi connectivity index (χ2n) is 5.18. The molecule has 0 bridgehead atoms. The van der Waals surface area contributed by atoms with Crippen molar-refractivity contribution in [1.82, 2.24) is 5.32 Å². The highest BCUT2D eigenvalue weighted by atomic mass is 16.2. The summed E-state index contributed by atoms with van der Waals surface area (Å²) >= 11 is 0. The normalized spacial score (nSPS) is 13.5. The smallest absolute Gasteiger partial charge is 0.278 e. The zero-order valence-corrected chi connectivity index (χ0v) is 12.2. The summed E-state index contributed by atoms with van der Waals surface area (Å²) in [6.45, 7) is 3.33. The molecule has 0 radical (unpaired) electrons. The molecule has 0 saturated carbocycles. The maximum Gasteiger partial charge on any atom is 0.278 e. The van der Waals surface area contributed by atoms with E-state index >= 15 is 0 Å². The number of quaternary nitrogens is 1. The Morgan fingerprint density at radius 1 is 1.00 bits per heavy atom. The van der Waals surface area contributed by atoms with Gasteiger partial charge in [-0.2, -0.15) is 0 Å². The maximum absolute atomic E-state index is 12.1. The number of carbonyl (C=O) groups is 2. The highest BCUT2D eigenvalue weighted by Crippen LogP contribution is 2.18. The molecule has 0 aliphatic carbocycles. The molecule has 0 fully saturated rings. The third-order valence-electron chi connectivity index (χ3n) is 3.22. The summed E-state index contributed by atoms with van der Waals surface area (Å²) in [6.07, 6.45) is 0. The fourth-order valence-corrected chi connectivity index (χ4v) is 1.94. The first-order valence-electron chi connectivity index (χ1n) is 6.90. The van der Waals surface area contributed by atoms with E-state index in [1.807, 2.05) is 42.5 Å². The SMILES string of the molecule is C[C@H]([NH3+])C(=O)N[C@@H](C)C(=O)Nc1ccc2ccccc2c1. The van der Waals surface area contributed by atoms with Crippen LogP contribution in [0.2, 0.25) is 0 Å². The molecule has 2 aromatic rings. The second-order valence-corrected chi connectivity index (χ2v) is 5.18. The molecule has 0 aliphatic rings. The van der Waals surface area contributed by atoms with Gasteiger partial charge in [0.2, 0.25) is 5.91 Å². The predicted octanol–water partition coefficient (Wildman–Crippen LogP) is 0.913.